The average molecular weight is 356 g/mol. The minimum absolute atomic E-state index is 0.140. The summed E-state index contributed by atoms with van der Waals surface area (Å²) in [5.41, 5.74) is 1.79. The number of hydrogen-bond donors (Lipinski definition) is 1. The summed E-state index contributed by atoms with van der Waals surface area (Å²) in [6.07, 6.45) is 1.35. The van der Waals surface area contributed by atoms with Crippen LogP contribution in [0.15, 0.2) is 61.2 Å². The maximum absolute atomic E-state index is 12.9. The van der Waals surface area contributed by atoms with Crippen molar-refractivity contribution in [3.63, 3.8) is 0 Å². The molecule has 0 aliphatic rings. The van der Waals surface area contributed by atoms with E-state index in [2.05, 4.69) is 15.0 Å². The number of rotatable bonds is 2. The number of hydrogen-bond acceptors (Lipinski definition) is 4. The number of fused-ring (bicyclic) bond motifs is 1. The zero-order chi connectivity index (χ0) is 18.3. The third-order valence-corrected chi connectivity index (χ3v) is 3.91. The van der Waals surface area contributed by atoms with Crippen LogP contribution in [-0.2, 0) is 6.18 Å². The number of imidazole rings is 1. The summed E-state index contributed by atoms with van der Waals surface area (Å²) in [5.74, 6) is 0.140. The fourth-order valence-corrected chi connectivity index (χ4v) is 2.63. The third-order valence-electron chi connectivity index (χ3n) is 3.91. The Labute approximate surface area is 145 Å². The minimum atomic E-state index is -4.52. The lowest BCUT2D eigenvalue weighted by atomic mass is 10.1. The van der Waals surface area contributed by atoms with Gasteiger partial charge in [0.1, 0.15) is 11.4 Å². The molecule has 0 amide bonds. The second-order valence-electron chi connectivity index (χ2n) is 5.62. The molecule has 26 heavy (non-hydrogen) atoms. The summed E-state index contributed by atoms with van der Waals surface area (Å²) in [4.78, 5) is 11.8. The molecule has 3 aromatic heterocycles. The molecular weight excluding hydrogens is 345 g/mol. The van der Waals surface area contributed by atoms with Gasteiger partial charge in [0.2, 0.25) is 0 Å². The highest BCUT2D eigenvalue weighted by molar-refractivity contribution is 5.66. The maximum Gasteiger partial charge on any atom is 0.433 e. The molecule has 8 heteroatoms. The molecule has 0 bridgehead atoms. The van der Waals surface area contributed by atoms with Gasteiger partial charge in [0.25, 0.3) is 0 Å². The van der Waals surface area contributed by atoms with Gasteiger partial charge in [-0.25, -0.2) is 4.98 Å². The van der Waals surface area contributed by atoms with Gasteiger partial charge in [-0.2, -0.15) is 13.2 Å². The Bertz CT molecular complexity index is 1090. The van der Waals surface area contributed by atoms with Crippen LogP contribution in [0.5, 0.6) is 5.75 Å². The van der Waals surface area contributed by atoms with Gasteiger partial charge in [0.15, 0.2) is 5.65 Å². The van der Waals surface area contributed by atoms with Crippen molar-refractivity contribution in [2.45, 2.75) is 6.18 Å². The van der Waals surface area contributed by atoms with E-state index < -0.39 is 11.9 Å². The van der Waals surface area contributed by atoms with Crippen LogP contribution >= 0.6 is 0 Å². The fraction of sp³-hybridized carbons (Fsp3) is 0.0556. The van der Waals surface area contributed by atoms with Gasteiger partial charge in [-0.1, -0.05) is 0 Å². The molecule has 4 rings (SSSR count). The molecule has 4 aromatic rings. The number of benzene rings is 1. The minimum Gasteiger partial charge on any atom is -0.508 e. The maximum atomic E-state index is 12.9. The first-order valence-electron chi connectivity index (χ1n) is 7.58. The summed E-state index contributed by atoms with van der Waals surface area (Å²) in [6, 6.07) is 9.00. The molecule has 3 heterocycles. The molecule has 0 atom stereocenters. The molecule has 0 spiro atoms. The van der Waals surface area contributed by atoms with Crippen LogP contribution in [0.25, 0.3) is 28.2 Å². The van der Waals surface area contributed by atoms with Crippen molar-refractivity contribution >= 4 is 5.65 Å². The summed E-state index contributed by atoms with van der Waals surface area (Å²) in [6.45, 7) is 0. The number of aromatic nitrogens is 4. The van der Waals surface area contributed by atoms with Crippen LogP contribution < -0.4 is 0 Å². The summed E-state index contributed by atoms with van der Waals surface area (Å²) >= 11 is 0. The normalized spacial score (nSPS) is 11.8. The van der Waals surface area contributed by atoms with Gasteiger partial charge >= 0.3 is 6.18 Å². The molecule has 0 saturated heterocycles. The van der Waals surface area contributed by atoms with E-state index in [9.17, 15) is 18.3 Å². The van der Waals surface area contributed by atoms with E-state index >= 15 is 0 Å². The average Bonchev–Trinajstić information content (AvgIpc) is 3.05. The summed E-state index contributed by atoms with van der Waals surface area (Å²) < 4.78 is 40.4. The Morgan fingerprint density at radius 1 is 0.885 bits per heavy atom. The molecular formula is C18H11F3N4O. The van der Waals surface area contributed by atoms with Crippen LogP contribution in [0, 0.1) is 0 Å². The smallest absolute Gasteiger partial charge is 0.433 e. The highest BCUT2D eigenvalue weighted by Gasteiger charge is 2.32. The van der Waals surface area contributed by atoms with Crippen molar-refractivity contribution in [3.8, 4) is 28.3 Å². The second-order valence-corrected chi connectivity index (χ2v) is 5.62. The summed E-state index contributed by atoms with van der Waals surface area (Å²) in [5, 5.41) is 9.42. The molecule has 130 valence electrons. The van der Waals surface area contributed by atoms with E-state index in [-0.39, 0.29) is 5.75 Å². The Hall–Kier alpha value is -3.42. The van der Waals surface area contributed by atoms with Crippen molar-refractivity contribution in [2.75, 3.05) is 0 Å². The second kappa shape index (κ2) is 5.83. The van der Waals surface area contributed by atoms with Crippen LogP contribution in [0.3, 0.4) is 0 Å². The first-order chi connectivity index (χ1) is 12.4. The lowest BCUT2D eigenvalue weighted by molar-refractivity contribution is -0.141. The van der Waals surface area contributed by atoms with E-state index in [0.29, 0.717) is 16.9 Å². The quantitative estimate of drug-likeness (QED) is 0.585. The number of alkyl halides is 3. The summed E-state index contributed by atoms with van der Waals surface area (Å²) in [7, 11) is 0. The largest absolute Gasteiger partial charge is 0.508 e. The van der Waals surface area contributed by atoms with E-state index in [0.717, 1.165) is 23.5 Å². The van der Waals surface area contributed by atoms with Gasteiger partial charge in [-0.3, -0.25) is 14.4 Å². The van der Waals surface area contributed by atoms with E-state index in [1.165, 1.54) is 12.3 Å². The standard InChI is InChI=1S/C18H11F3N4O/c19-18(20,21)16-7-12(5-6-22-16)14-10-25-15(8-24-17(25)9-23-14)11-1-3-13(26)4-2-11/h1-10,26H. The molecule has 1 N–H and O–H groups in total. The van der Waals surface area contributed by atoms with E-state index in [1.807, 2.05) is 0 Å². The molecule has 0 saturated carbocycles. The Balaban J connectivity index is 1.83. The van der Waals surface area contributed by atoms with Gasteiger partial charge in [0.05, 0.1) is 23.8 Å². The Morgan fingerprint density at radius 3 is 2.38 bits per heavy atom. The van der Waals surface area contributed by atoms with Crippen molar-refractivity contribution in [1.82, 2.24) is 19.4 Å². The highest BCUT2D eigenvalue weighted by Crippen LogP contribution is 2.30. The number of halogens is 3. The van der Waals surface area contributed by atoms with E-state index in [1.54, 1.807) is 41.1 Å². The zero-order valence-electron chi connectivity index (χ0n) is 13.1. The van der Waals surface area contributed by atoms with Crippen molar-refractivity contribution < 1.29 is 18.3 Å². The molecule has 0 fully saturated rings. The van der Waals surface area contributed by atoms with Crippen LogP contribution in [-0.4, -0.2) is 24.5 Å². The molecule has 0 unspecified atom stereocenters. The zero-order valence-corrected chi connectivity index (χ0v) is 13.1. The highest BCUT2D eigenvalue weighted by atomic mass is 19.4. The molecule has 5 nitrogen and oxygen atoms in total. The number of aromatic hydroxyl groups is 1. The first kappa shape index (κ1) is 16.1. The number of phenols is 1. The molecule has 0 aliphatic heterocycles. The van der Waals surface area contributed by atoms with Crippen LogP contribution in [0.1, 0.15) is 5.69 Å². The number of phenolic OH excluding ortho intramolecular Hbond substituents is 1. The SMILES string of the molecule is Oc1ccc(-c2cnc3cnc(-c4ccnc(C(F)(F)F)c4)cn23)cc1. The monoisotopic (exact) mass is 356 g/mol. The van der Waals surface area contributed by atoms with Gasteiger partial charge in [-0.05, 0) is 36.4 Å². The van der Waals surface area contributed by atoms with Crippen molar-refractivity contribution in [1.29, 1.82) is 0 Å². The fourth-order valence-electron chi connectivity index (χ4n) is 2.63. The molecule has 1 aromatic carbocycles. The van der Waals surface area contributed by atoms with Crippen molar-refractivity contribution in [2.24, 2.45) is 0 Å². The number of pyridine rings is 1. The van der Waals surface area contributed by atoms with Gasteiger partial charge in [-0.15, -0.1) is 0 Å². The van der Waals surface area contributed by atoms with Crippen LogP contribution in [0.4, 0.5) is 13.2 Å². The van der Waals surface area contributed by atoms with Gasteiger partial charge in [0, 0.05) is 23.5 Å². The molecule has 0 radical (unpaired) electrons. The topological polar surface area (TPSA) is 63.3 Å². The van der Waals surface area contributed by atoms with Crippen molar-refractivity contribution in [3.05, 3.63) is 66.9 Å². The molecule has 0 aliphatic carbocycles. The lowest BCUT2D eigenvalue weighted by Crippen LogP contribution is -2.07. The number of nitrogens with zero attached hydrogens (tertiary/aromatic N) is 4. The van der Waals surface area contributed by atoms with Gasteiger partial charge < -0.3 is 5.11 Å². The third kappa shape index (κ3) is 2.85. The lowest BCUT2D eigenvalue weighted by Gasteiger charge is -2.08. The first-order valence-corrected chi connectivity index (χ1v) is 7.58. The Morgan fingerprint density at radius 2 is 1.65 bits per heavy atom. The Kier molecular flexibility index (Phi) is 3.61. The predicted octanol–water partition coefficient (Wildman–Crippen LogP) is 4.18. The van der Waals surface area contributed by atoms with E-state index in [4.69, 9.17) is 0 Å². The predicted molar refractivity (Wildman–Crippen MR) is 88.3 cm³/mol. The van der Waals surface area contributed by atoms with Crippen LogP contribution in [0.2, 0.25) is 0 Å².